The Hall–Kier alpha value is -1.15. The maximum Gasteiger partial charge on any atom is 0.338 e. The predicted molar refractivity (Wildman–Crippen MR) is 74.8 cm³/mol. The average Bonchev–Trinajstić information content (AvgIpc) is 2.91. The molecule has 1 aromatic rings. The van der Waals surface area contributed by atoms with E-state index < -0.39 is 15.0 Å². The first kappa shape index (κ1) is 16.2. The molecule has 6 nitrogen and oxygen atoms in total. The van der Waals surface area contributed by atoms with E-state index in [9.17, 15) is 13.2 Å². The van der Waals surface area contributed by atoms with Gasteiger partial charge in [0, 0.05) is 24.2 Å². The number of esters is 1. The number of hydrogen-bond donors (Lipinski definition) is 0. The second-order valence-electron chi connectivity index (χ2n) is 4.58. The maximum atomic E-state index is 12.0. The Labute approximate surface area is 127 Å². The summed E-state index contributed by atoms with van der Waals surface area (Å²) in [5.74, 6) is -0.601. The Morgan fingerprint density at radius 2 is 2.24 bits per heavy atom. The third-order valence-corrected chi connectivity index (χ3v) is 4.43. The number of halogens is 1. The van der Waals surface area contributed by atoms with Crippen LogP contribution < -0.4 is 0 Å². The van der Waals surface area contributed by atoms with Gasteiger partial charge in [0.1, 0.15) is 6.10 Å². The van der Waals surface area contributed by atoms with Gasteiger partial charge in [-0.3, -0.25) is 0 Å². The minimum Gasteiger partial charge on any atom is -0.456 e. The summed E-state index contributed by atoms with van der Waals surface area (Å²) in [6, 6.07) is 4.17. The Morgan fingerprint density at radius 1 is 1.48 bits per heavy atom. The van der Waals surface area contributed by atoms with Gasteiger partial charge in [-0.15, -0.1) is 0 Å². The molecule has 2 rings (SSSR count). The summed E-state index contributed by atoms with van der Waals surface area (Å²) in [7, 11) is 2.85. The summed E-state index contributed by atoms with van der Waals surface area (Å²) >= 11 is 0. The van der Waals surface area contributed by atoms with E-state index in [1.165, 1.54) is 25.3 Å². The molecule has 1 fully saturated rings. The molecule has 1 heterocycles. The van der Waals surface area contributed by atoms with Crippen LogP contribution in [-0.4, -0.2) is 40.8 Å². The lowest BCUT2D eigenvalue weighted by atomic mass is 10.1. The Bertz CT molecular complexity index is 622. The number of hydrogen-bond acceptors (Lipinski definition) is 6. The van der Waals surface area contributed by atoms with Gasteiger partial charge in [0.15, 0.2) is 0 Å². The maximum absolute atomic E-state index is 12.0. The number of carbonyl (C=O) groups is 1. The van der Waals surface area contributed by atoms with Crippen molar-refractivity contribution in [3.8, 4) is 0 Å². The zero-order valence-electron chi connectivity index (χ0n) is 11.4. The van der Waals surface area contributed by atoms with E-state index in [4.69, 9.17) is 24.9 Å². The van der Waals surface area contributed by atoms with Crippen LogP contribution in [0, 0.1) is 0 Å². The highest BCUT2D eigenvalue weighted by Crippen LogP contribution is 2.23. The number of rotatable bonds is 5. The molecule has 0 radical (unpaired) electrons. The van der Waals surface area contributed by atoms with Crippen LogP contribution in [0.3, 0.4) is 0 Å². The van der Waals surface area contributed by atoms with Gasteiger partial charge >= 0.3 is 5.97 Å². The lowest BCUT2D eigenvalue weighted by molar-refractivity contribution is 0.0270. The van der Waals surface area contributed by atoms with Gasteiger partial charge in [-0.2, -0.15) is 0 Å². The van der Waals surface area contributed by atoms with Gasteiger partial charge in [0.25, 0.3) is 9.05 Å². The van der Waals surface area contributed by atoms with Gasteiger partial charge in [0.05, 0.1) is 30.3 Å². The van der Waals surface area contributed by atoms with E-state index >= 15 is 0 Å². The fourth-order valence-electron chi connectivity index (χ4n) is 2.01. The fraction of sp³-hybridized carbons (Fsp3) is 0.462. The molecule has 1 aromatic carbocycles. The van der Waals surface area contributed by atoms with Crippen molar-refractivity contribution in [3.05, 3.63) is 29.3 Å². The molecule has 0 aliphatic carbocycles. The van der Waals surface area contributed by atoms with Crippen molar-refractivity contribution < 1.29 is 27.4 Å². The van der Waals surface area contributed by atoms with Crippen molar-refractivity contribution in [1.82, 2.24) is 0 Å². The molecule has 0 bridgehead atoms. The third kappa shape index (κ3) is 4.16. The predicted octanol–water partition coefficient (Wildman–Crippen LogP) is 1.71. The second-order valence-corrected chi connectivity index (χ2v) is 7.12. The minimum atomic E-state index is -3.98. The molecule has 1 aliphatic rings. The Morgan fingerprint density at radius 3 is 2.81 bits per heavy atom. The number of ether oxygens (including phenoxy) is 3. The third-order valence-electron chi connectivity index (χ3n) is 3.03. The van der Waals surface area contributed by atoms with Crippen molar-refractivity contribution in [3.63, 3.8) is 0 Å². The van der Waals surface area contributed by atoms with Crippen LogP contribution in [0.5, 0.6) is 0 Å². The van der Waals surface area contributed by atoms with Crippen LogP contribution in [-0.2, 0) is 29.9 Å². The SMILES string of the molecule is COCc1ccc(C(=O)OC2CCOC2)cc1S(=O)(=O)Cl. The normalized spacial score (nSPS) is 18.7. The van der Waals surface area contributed by atoms with Crippen molar-refractivity contribution in [2.45, 2.75) is 24.0 Å². The second kappa shape index (κ2) is 6.74. The van der Waals surface area contributed by atoms with Crippen molar-refractivity contribution in [2.75, 3.05) is 20.3 Å². The van der Waals surface area contributed by atoms with E-state index in [2.05, 4.69) is 0 Å². The van der Waals surface area contributed by atoms with E-state index in [-0.39, 0.29) is 23.2 Å². The first-order chi connectivity index (χ1) is 9.91. The van der Waals surface area contributed by atoms with Gasteiger partial charge in [-0.05, 0) is 17.7 Å². The molecule has 1 saturated heterocycles. The molecular weight excluding hydrogens is 320 g/mol. The summed E-state index contributed by atoms with van der Waals surface area (Å²) in [6.07, 6.45) is 0.334. The molecule has 0 amide bonds. The number of methoxy groups -OCH3 is 1. The minimum absolute atomic E-state index is 0.0765. The van der Waals surface area contributed by atoms with E-state index in [1.54, 1.807) is 0 Å². The number of carbonyl (C=O) groups excluding carboxylic acids is 1. The highest BCUT2D eigenvalue weighted by molar-refractivity contribution is 8.13. The first-order valence-electron chi connectivity index (χ1n) is 6.27. The number of benzene rings is 1. The molecule has 0 N–H and O–H groups in total. The molecule has 1 unspecified atom stereocenters. The largest absolute Gasteiger partial charge is 0.456 e. The van der Waals surface area contributed by atoms with Crippen molar-refractivity contribution in [2.24, 2.45) is 0 Å². The lowest BCUT2D eigenvalue weighted by Crippen LogP contribution is -2.18. The van der Waals surface area contributed by atoms with E-state index in [0.29, 0.717) is 25.2 Å². The average molecular weight is 335 g/mol. The van der Waals surface area contributed by atoms with E-state index in [1.807, 2.05) is 0 Å². The van der Waals surface area contributed by atoms with Crippen LogP contribution in [0.1, 0.15) is 22.3 Å². The van der Waals surface area contributed by atoms with Crippen LogP contribution in [0.2, 0.25) is 0 Å². The zero-order valence-corrected chi connectivity index (χ0v) is 12.9. The van der Waals surface area contributed by atoms with Crippen LogP contribution >= 0.6 is 10.7 Å². The van der Waals surface area contributed by atoms with Crippen LogP contribution in [0.15, 0.2) is 23.1 Å². The topological polar surface area (TPSA) is 78.9 Å². The summed E-state index contributed by atoms with van der Waals surface area (Å²) in [4.78, 5) is 11.9. The molecule has 1 aliphatic heterocycles. The van der Waals surface area contributed by atoms with E-state index in [0.717, 1.165) is 0 Å². The summed E-state index contributed by atoms with van der Waals surface area (Å²) in [5, 5.41) is 0. The van der Waals surface area contributed by atoms with Crippen LogP contribution in [0.25, 0.3) is 0 Å². The molecule has 0 spiro atoms. The van der Waals surface area contributed by atoms with Crippen LogP contribution in [0.4, 0.5) is 0 Å². The fourth-order valence-corrected chi connectivity index (χ4v) is 3.15. The summed E-state index contributed by atoms with van der Waals surface area (Å²) in [6.45, 7) is 0.979. The quantitative estimate of drug-likeness (QED) is 0.602. The smallest absolute Gasteiger partial charge is 0.338 e. The van der Waals surface area contributed by atoms with Gasteiger partial charge in [0.2, 0.25) is 0 Å². The van der Waals surface area contributed by atoms with Gasteiger partial charge < -0.3 is 14.2 Å². The lowest BCUT2D eigenvalue weighted by Gasteiger charge is -2.12. The molecule has 0 saturated carbocycles. The van der Waals surface area contributed by atoms with Crippen molar-refractivity contribution >= 4 is 25.7 Å². The van der Waals surface area contributed by atoms with Gasteiger partial charge in [-0.25, -0.2) is 13.2 Å². The van der Waals surface area contributed by atoms with Gasteiger partial charge in [-0.1, -0.05) is 6.07 Å². The highest BCUT2D eigenvalue weighted by atomic mass is 35.7. The molecule has 116 valence electrons. The van der Waals surface area contributed by atoms with Crippen molar-refractivity contribution in [1.29, 1.82) is 0 Å². The highest BCUT2D eigenvalue weighted by Gasteiger charge is 2.23. The zero-order chi connectivity index (χ0) is 15.5. The summed E-state index contributed by atoms with van der Waals surface area (Å²) in [5.41, 5.74) is 0.509. The standard InChI is InChI=1S/C13H15ClO6S/c1-18-7-10-3-2-9(6-12(10)21(14,16)17)13(15)20-11-4-5-19-8-11/h2-3,6,11H,4-5,7-8H2,1H3. The molecule has 1 atom stereocenters. The molecule has 21 heavy (non-hydrogen) atoms. The summed E-state index contributed by atoms with van der Waals surface area (Å²) < 4.78 is 38.4. The molecular formula is C13H15ClO6S. The first-order valence-corrected chi connectivity index (χ1v) is 8.58. The Kier molecular flexibility index (Phi) is 5.21. The monoisotopic (exact) mass is 334 g/mol. The molecule has 8 heteroatoms. The molecule has 0 aromatic heterocycles. The Balaban J connectivity index is 2.26.